The van der Waals surface area contributed by atoms with E-state index in [1.54, 1.807) is 12.1 Å². The summed E-state index contributed by atoms with van der Waals surface area (Å²) in [6.07, 6.45) is 1.66. The van der Waals surface area contributed by atoms with Gasteiger partial charge in [0.15, 0.2) is 0 Å². The second-order valence-corrected chi connectivity index (χ2v) is 7.35. The summed E-state index contributed by atoms with van der Waals surface area (Å²) in [5, 5.41) is 13.0. The summed E-state index contributed by atoms with van der Waals surface area (Å²) in [5.41, 5.74) is 0. The third-order valence-electron chi connectivity index (χ3n) is 4.05. The molecule has 1 atom stereocenters. The number of carboxylic acids is 1. The zero-order valence-corrected chi connectivity index (χ0v) is 12.8. The van der Waals surface area contributed by atoms with Crippen LogP contribution in [0.5, 0.6) is 0 Å². The van der Waals surface area contributed by atoms with E-state index >= 15 is 0 Å². The van der Waals surface area contributed by atoms with Crippen LogP contribution in [0.3, 0.4) is 0 Å². The van der Waals surface area contributed by atoms with Gasteiger partial charge in [0.05, 0.1) is 16.9 Å². The van der Waals surface area contributed by atoms with Crippen molar-refractivity contribution in [2.75, 3.05) is 6.54 Å². The van der Waals surface area contributed by atoms with Gasteiger partial charge in [-0.25, -0.2) is 8.42 Å². The molecule has 2 aromatic rings. The van der Waals surface area contributed by atoms with Gasteiger partial charge in [0.1, 0.15) is 0 Å². The van der Waals surface area contributed by atoms with Crippen LogP contribution in [0.2, 0.25) is 0 Å². The Morgan fingerprint density at radius 3 is 2.55 bits per heavy atom. The van der Waals surface area contributed by atoms with Crippen LogP contribution in [0.25, 0.3) is 10.8 Å². The number of fused-ring (bicyclic) bond motifs is 1. The number of hydrogen-bond acceptors (Lipinski definition) is 4. The van der Waals surface area contributed by atoms with Crippen LogP contribution in [0, 0.1) is 0 Å². The lowest BCUT2D eigenvalue weighted by atomic mass is 10.1. The summed E-state index contributed by atoms with van der Waals surface area (Å²) in [7, 11) is -3.84. The van der Waals surface area contributed by atoms with Gasteiger partial charge >= 0.3 is 0 Å². The molecular weight excluding hydrogens is 302 g/mol. The quantitative estimate of drug-likeness (QED) is 0.850. The molecule has 3 rings (SSSR count). The highest BCUT2D eigenvalue weighted by Crippen LogP contribution is 2.27. The Balaban J connectivity index is 2.04. The van der Waals surface area contributed by atoms with E-state index in [1.165, 1.54) is 6.07 Å². The van der Waals surface area contributed by atoms with E-state index in [9.17, 15) is 18.3 Å². The number of carboxylic acid groups (broad SMARTS) is 1. The van der Waals surface area contributed by atoms with E-state index in [2.05, 4.69) is 0 Å². The van der Waals surface area contributed by atoms with Gasteiger partial charge < -0.3 is 9.90 Å². The van der Waals surface area contributed by atoms with Gasteiger partial charge in [-0.1, -0.05) is 36.8 Å². The Hall–Kier alpha value is -1.92. The largest absolute Gasteiger partial charge is 0.548 e. The summed E-state index contributed by atoms with van der Waals surface area (Å²) in [4.78, 5) is 11.4. The van der Waals surface area contributed by atoms with E-state index in [0.717, 1.165) is 15.1 Å². The smallest absolute Gasteiger partial charge is 0.243 e. The maximum atomic E-state index is 12.8. The first-order valence-electron chi connectivity index (χ1n) is 7.22. The van der Waals surface area contributed by atoms with Crippen molar-refractivity contribution in [1.82, 2.24) is 4.31 Å². The van der Waals surface area contributed by atoms with Crippen molar-refractivity contribution in [2.45, 2.75) is 30.2 Å². The highest BCUT2D eigenvalue weighted by atomic mass is 32.2. The summed E-state index contributed by atoms with van der Waals surface area (Å²) in [6, 6.07) is 11.2. The topological polar surface area (TPSA) is 77.5 Å². The second-order valence-electron chi connectivity index (χ2n) is 5.46. The number of rotatable bonds is 3. The molecule has 1 saturated heterocycles. The van der Waals surface area contributed by atoms with Gasteiger partial charge in [-0.2, -0.15) is 4.31 Å². The molecule has 5 nitrogen and oxygen atoms in total. The molecule has 0 N–H and O–H groups in total. The van der Waals surface area contributed by atoms with Crippen LogP contribution >= 0.6 is 0 Å². The summed E-state index contributed by atoms with van der Waals surface area (Å²) >= 11 is 0. The molecule has 22 heavy (non-hydrogen) atoms. The molecule has 0 saturated carbocycles. The molecule has 0 radical (unpaired) electrons. The molecule has 1 aliphatic heterocycles. The molecular formula is C16H16NO4S-. The van der Waals surface area contributed by atoms with Crippen molar-refractivity contribution in [3.05, 3.63) is 42.5 Å². The number of hydrogen-bond donors (Lipinski definition) is 0. The zero-order chi connectivity index (χ0) is 15.7. The first kappa shape index (κ1) is 15.0. The maximum absolute atomic E-state index is 12.8. The van der Waals surface area contributed by atoms with Gasteiger partial charge in [0, 0.05) is 6.54 Å². The number of nitrogens with zero attached hydrogens (tertiary/aromatic N) is 1. The van der Waals surface area contributed by atoms with Crippen LogP contribution in [-0.2, 0) is 14.8 Å². The predicted octanol–water partition coefficient (Wildman–Crippen LogP) is 1.13. The van der Waals surface area contributed by atoms with Gasteiger partial charge in [0.25, 0.3) is 0 Å². The fraction of sp³-hybridized carbons (Fsp3) is 0.312. The fourth-order valence-corrected chi connectivity index (χ4v) is 4.57. The van der Waals surface area contributed by atoms with Crippen LogP contribution in [0.1, 0.15) is 19.3 Å². The number of carbonyl (C=O) groups excluding carboxylic acids is 1. The van der Waals surface area contributed by atoms with E-state index in [0.29, 0.717) is 19.3 Å². The standard InChI is InChI=1S/C16H17NO4S/c18-16(19)15-7-3-4-10-17(15)22(20,21)14-9-8-12-5-1-2-6-13(12)11-14/h1-2,5-6,8-9,11,15H,3-4,7,10H2,(H,18,19)/p-1/t15-/m1/s1. The molecule has 0 unspecified atom stereocenters. The predicted molar refractivity (Wildman–Crippen MR) is 80.5 cm³/mol. The average Bonchev–Trinajstić information content (AvgIpc) is 2.54. The van der Waals surface area contributed by atoms with Crippen molar-refractivity contribution in [1.29, 1.82) is 0 Å². The van der Waals surface area contributed by atoms with E-state index in [1.807, 2.05) is 24.3 Å². The second kappa shape index (κ2) is 5.70. The number of carbonyl (C=O) groups is 1. The number of sulfonamides is 1. The van der Waals surface area contributed by atoms with E-state index in [-0.39, 0.29) is 11.4 Å². The number of aliphatic carboxylic acids is 1. The average molecular weight is 318 g/mol. The molecule has 0 spiro atoms. The van der Waals surface area contributed by atoms with Crippen molar-refractivity contribution in [3.8, 4) is 0 Å². The fourth-order valence-electron chi connectivity index (χ4n) is 2.89. The van der Waals surface area contributed by atoms with Gasteiger partial charge in [-0.05, 0) is 35.7 Å². The molecule has 2 aromatic carbocycles. The number of benzene rings is 2. The normalized spacial score (nSPS) is 20.1. The summed E-state index contributed by atoms with van der Waals surface area (Å²) < 4.78 is 26.6. The first-order chi connectivity index (χ1) is 10.5. The molecule has 0 aromatic heterocycles. The van der Waals surface area contributed by atoms with Crippen LogP contribution in [0.15, 0.2) is 47.4 Å². The lowest BCUT2D eigenvalue weighted by Gasteiger charge is -2.35. The summed E-state index contributed by atoms with van der Waals surface area (Å²) in [6.45, 7) is 0.216. The minimum atomic E-state index is -3.84. The maximum Gasteiger partial charge on any atom is 0.243 e. The Morgan fingerprint density at radius 2 is 1.82 bits per heavy atom. The molecule has 1 aliphatic rings. The zero-order valence-electron chi connectivity index (χ0n) is 11.9. The Bertz CT molecular complexity index is 816. The molecule has 6 heteroatoms. The molecule has 0 amide bonds. The van der Waals surface area contributed by atoms with E-state index in [4.69, 9.17) is 0 Å². The Morgan fingerprint density at radius 1 is 1.09 bits per heavy atom. The van der Waals surface area contributed by atoms with Crippen molar-refractivity contribution < 1.29 is 18.3 Å². The van der Waals surface area contributed by atoms with Gasteiger partial charge in [-0.3, -0.25) is 0 Å². The van der Waals surface area contributed by atoms with Crippen LogP contribution < -0.4 is 5.11 Å². The molecule has 1 heterocycles. The number of piperidine rings is 1. The SMILES string of the molecule is O=C([O-])[C@H]1CCCCN1S(=O)(=O)c1ccc2ccccc2c1. The van der Waals surface area contributed by atoms with Gasteiger partial charge in [-0.15, -0.1) is 0 Å². The highest BCUT2D eigenvalue weighted by molar-refractivity contribution is 7.89. The minimum Gasteiger partial charge on any atom is -0.548 e. The molecule has 0 aliphatic carbocycles. The lowest BCUT2D eigenvalue weighted by Crippen LogP contribution is -2.52. The molecule has 116 valence electrons. The van der Waals surface area contributed by atoms with Crippen molar-refractivity contribution >= 4 is 26.8 Å². The molecule has 0 bridgehead atoms. The van der Waals surface area contributed by atoms with Crippen LogP contribution in [0.4, 0.5) is 0 Å². The minimum absolute atomic E-state index is 0.124. The van der Waals surface area contributed by atoms with E-state index < -0.39 is 22.0 Å². The third-order valence-corrected chi connectivity index (χ3v) is 5.96. The van der Waals surface area contributed by atoms with Crippen LogP contribution in [-0.4, -0.2) is 31.3 Å². The monoisotopic (exact) mass is 318 g/mol. The van der Waals surface area contributed by atoms with Crippen molar-refractivity contribution in [2.24, 2.45) is 0 Å². The molecule has 1 fully saturated rings. The first-order valence-corrected chi connectivity index (χ1v) is 8.66. The lowest BCUT2D eigenvalue weighted by molar-refractivity contribution is -0.311. The highest BCUT2D eigenvalue weighted by Gasteiger charge is 2.34. The Kier molecular flexibility index (Phi) is 3.88. The van der Waals surface area contributed by atoms with Crippen molar-refractivity contribution in [3.63, 3.8) is 0 Å². The summed E-state index contributed by atoms with van der Waals surface area (Å²) in [5.74, 6) is -1.33. The Labute approximate surface area is 129 Å². The van der Waals surface area contributed by atoms with Gasteiger partial charge in [0.2, 0.25) is 10.0 Å². The third kappa shape index (κ3) is 2.60.